The summed E-state index contributed by atoms with van der Waals surface area (Å²) in [5.74, 6) is -5.70. The van der Waals surface area contributed by atoms with Crippen LogP contribution in [0.3, 0.4) is 0 Å². The minimum Gasteiger partial charge on any atom is -0.496 e. The Bertz CT molecular complexity index is 1370. The molecule has 0 bridgehead atoms. The third-order valence-electron chi connectivity index (χ3n) is 6.15. The zero-order chi connectivity index (χ0) is 30.3. The first kappa shape index (κ1) is 30.3. The minimum atomic E-state index is -1.49. The van der Waals surface area contributed by atoms with Crippen LogP contribution >= 0.6 is 0 Å². The number of carboxylic acid groups (broad SMARTS) is 1. The largest absolute Gasteiger partial charge is 0.496 e. The number of nitrogens with zero attached hydrogens (tertiary/aromatic N) is 2. The molecule has 216 valence electrons. The highest BCUT2D eigenvalue weighted by Crippen LogP contribution is 2.33. The fourth-order valence-corrected chi connectivity index (χ4v) is 4.28. The van der Waals surface area contributed by atoms with Crippen molar-refractivity contribution in [2.75, 3.05) is 37.1 Å². The fourth-order valence-electron chi connectivity index (χ4n) is 4.28. The normalized spacial score (nSPS) is 15.1. The molecule has 0 saturated carbocycles. The molecule has 3 N–H and O–H groups in total. The third kappa shape index (κ3) is 6.84. The first-order valence-corrected chi connectivity index (χ1v) is 12.2. The standard InChI is InChI=1S/C27H28N4O10/c1-15(33)30-12-17(29-26(38)25(37)24-20(40-2)9-6-10-21(24)41-3)27(39)31(19-8-5-4-7-18(19)30)13-22(34)28-16(14-32)11-23(35)36/h4-10,14,16-17H,11-13H2,1-3H3,(H,28,34)(H,29,38)(H,35,36). The number of carbonyl (C=O) groups is 7. The summed E-state index contributed by atoms with van der Waals surface area (Å²) in [4.78, 5) is 89.9. The van der Waals surface area contributed by atoms with Crippen LogP contribution in [0.5, 0.6) is 11.5 Å². The van der Waals surface area contributed by atoms with E-state index in [2.05, 4.69) is 10.6 Å². The summed E-state index contributed by atoms with van der Waals surface area (Å²) in [7, 11) is 2.60. The van der Waals surface area contributed by atoms with E-state index in [1.165, 1.54) is 50.3 Å². The number of hydrogen-bond acceptors (Lipinski definition) is 9. The van der Waals surface area contributed by atoms with Crippen molar-refractivity contribution >= 4 is 53.0 Å². The summed E-state index contributed by atoms with van der Waals surface area (Å²) < 4.78 is 10.4. The van der Waals surface area contributed by atoms with Crippen LogP contribution in [0.4, 0.5) is 11.4 Å². The maximum atomic E-state index is 13.8. The van der Waals surface area contributed by atoms with Gasteiger partial charge in [0.25, 0.3) is 17.6 Å². The van der Waals surface area contributed by atoms with Gasteiger partial charge in [0.15, 0.2) is 0 Å². The van der Waals surface area contributed by atoms with Gasteiger partial charge in [0.05, 0.1) is 44.6 Å². The van der Waals surface area contributed by atoms with E-state index < -0.39 is 60.4 Å². The Balaban J connectivity index is 1.97. The predicted molar refractivity (Wildman–Crippen MR) is 143 cm³/mol. The van der Waals surface area contributed by atoms with Crippen LogP contribution in [-0.4, -0.2) is 86.2 Å². The van der Waals surface area contributed by atoms with Gasteiger partial charge in [0.2, 0.25) is 11.8 Å². The number of carbonyl (C=O) groups excluding carboxylic acids is 6. The van der Waals surface area contributed by atoms with Crippen LogP contribution in [0.25, 0.3) is 0 Å². The van der Waals surface area contributed by atoms with Gasteiger partial charge < -0.3 is 34.9 Å². The number of benzene rings is 2. The van der Waals surface area contributed by atoms with Gasteiger partial charge in [-0.1, -0.05) is 18.2 Å². The molecule has 2 aromatic carbocycles. The van der Waals surface area contributed by atoms with Crippen molar-refractivity contribution in [2.24, 2.45) is 0 Å². The number of fused-ring (bicyclic) bond motifs is 1. The van der Waals surface area contributed by atoms with Crippen molar-refractivity contribution in [1.82, 2.24) is 10.6 Å². The van der Waals surface area contributed by atoms with E-state index in [0.717, 1.165) is 4.90 Å². The number of carboxylic acids is 1. The Kier molecular flexibility index (Phi) is 9.74. The second kappa shape index (κ2) is 13.2. The lowest BCUT2D eigenvalue weighted by molar-refractivity contribution is -0.139. The number of ether oxygens (including phenoxy) is 2. The molecule has 0 saturated heterocycles. The molecule has 2 aromatic rings. The summed E-state index contributed by atoms with van der Waals surface area (Å²) in [6, 6.07) is 7.77. The van der Waals surface area contributed by atoms with E-state index in [4.69, 9.17) is 14.6 Å². The number of anilines is 2. The molecule has 14 nitrogen and oxygen atoms in total. The number of para-hydroxylation sites is 2. The van der Waals surface area contributed by atoms with Gasteiger partial charge in [-0.3, -0.25) is 33.7 Å². The lowest BCUT2D eigenvalue weighted by Crippen LogP contribution is -2.55. The number of hydrogen-bond donors (Lipinski definition) is 3. The molecule has 1 heterocycles. The Labute approximate surface area is 234 Å². The minimum absolute atomic E-state index is 0.0545. The van der Waals surface area contributed by atoms with Gasteiger partial charge in [-0.2, -0.15) is 0 Å². The number of rotatable bonds is 11. The van der Waals surface area contributed by atoms with E-state index in [9.17, 15) is 33.6 Å². The number of nitrogens with one attached hydrogen (secondary N) is 2. The summed E-state index contributed by atoms with van der Waals surface area (Å²) in [6.45, 7) is 0.182. The monoisotopic (exact) mass is 568 g/mol. The highest BCUT2D eigenvalue weighted by atomic mass is 16.5. The van der Waals surface area contributed by atoms with Gasteiger partial charge >= 0.3 is 5.97 Å². The van der Waals surface area contributed by atoms with E-state index in [0.29, 0.717) is 0 Å². The Hall–Kier alpha value is -5.27. The summed E-state index contributed by atoms with van der Waals surface area (Å²) in [5, 5.41) is 13.6. The van der Waals surface area contributed by atoms with Crippen LogP contribution in [0.15, 0.2) is 42.5 Å². The molecular weight excluding hydrogens is 540 g/mol. The number of methoxy groups -OCH3 is 2. The van der Waals surface area contributed by atoms with E-state index in [1.807, 2.05) is 0 Å². The summed E-state index contributed by atoms with van der Waals surface area (Å²) in [5.41, 5.74) is 0.198. The van der Waals surface area contributed by atoms with Crippen molar-refractivity contribution in [3.63, 3.8) is 0 Å². The molecule has 1 aliphatic heterocycles. The van der Waals surface area contributed by atoms with Crippen LogP contribution in [0, 0.1) is 0 Å². The zero-order valence-corrected chi connectivity index (χ0v) is 22.4. The molecule has 0 spiro atoms. The first-order chi connectivity index (χ1) is 19.5. The molecule has 0 radical (unpaired) electrons. The average molecular weight is 569 g/mol. The maximum Gasteiger partial charge on any atom is 0.305 e. The Morgan fingerprint density at radius 1 is 1.02 bits per heavy atom. The van der Waals surface area contributed by atoms with E-state index in [1.54, 1.807) is 18.2 Å². The molecule has 2 unspecified atom stereocenters. The molecule has 3 rings (SSSR count). The number of aliphatic carboxylic acids is 1. The topological polar surface area (TPSA) is 189 Å². The van der Waals surface area contributed by atoms with Crippen molar-refractivity contribution in [1.29, 1.82) is 0 Å². The number of amides is 4. The average Bonchev–Trinajstić information content (AvgIpc) is 3.06. The number of aldehydes is 1. The van der Waals surface area contributed by atoms with Crippen LogP contribution in [-0.2, 0) is 28.8 Å². The Morgan fingerprint density at radius 2 is 1.63 bits per heavy atom. The molecule has 14 heteroatoms. The van der Waals surface area contributed by atoms with Crippen molar-refractivity contribution in [2.45, 2.75) is 25.4 Å². The maximum absolute atomic E-state index is 13.8. The zero-order valence-electron chi connectivity index (χ0n) is 22.4. The summed E-state index contributed by atoms with van der Waals surface area (Å²) in [6.07, 6.45) is -0.423. The molecule has 1 aliphatic rings. The first-order valence-electron chi connectivity index (χ1n) is 12.2. The fraction of sp³-hybridized carbons (Fsp3) is 0.296. The molecule has 0 aliphatic carbocycles. The molecule has 2 atom stereocenters. The molecular formula is C27H28N4O10. The molecule has 0 fully saturated rings. The number of ketones is 1. The highest BCUT2D eigenvalue weighted by Gasteiger charge is 2.38. The predicted octanol–water partition coefficient (Wildman–Crippen LogP) is -0.0706. The second-order valence-corrected chi connectivity index (χ2v) is 8.84. The second-order valence-electron chi connectivity index (χ2n) is 8.84. The van der Waals surface area contributed by atoms with Gasteiger partial charge in [-0.25, -0.2) is 0 Å². The SMILES string of the molecule is COc1cccc(OC)c1C(=O)C(=O)NC1CN(C(C)=O)c2ccccc2N(CC(=O)NC(C=O)CC(=O)O)C1=O. The third-order valence-corrected chi connectivity index (χ3v) is 6.15. The van der Waals surface area contributed by atoms with Crippen molar-refractivity contribution < 1.29 is 48.1 Å². The van der Waals surface area contributed by atoms with E-state index >= 15 is 0 Å². The lowest BCUT2D eigenvalue weighted by atomic mass is 10.1. The number of Topliss-reactive ketones (excluding diaryl/α,β-unsaturated/α-hetero) is 1. The van der Waals surface area contributed by atoms with Crippen molar-refractivity contribution in [3.8, 4) is 11.5 Å². The van der Waals surface area contributed by atoms with E-state index in [-0.39, 0.29) is 41.3 Å². The lowest BCUT2D eigenvalue weighted by Gasteiger charge is -2.25. The quantitative estimate of drug-likeness (QED) is 0.188. The van der Waals surface area contributed by atoms with Crippen molar-refractivity contribution in [3.05, 3.63) is 48.0 Å². The van der Waals surface area contributed by atoms with Gasteiger partial charge in [-0.15, -0.1) is 0 Å². The molecule has 0 aromatic heterocycles. The van der Waals surface area contributed by atoms with Gasteiger partial charge in [0, 0.05) is 6.92 Å². The van der Waals surface area contributed by atoms with Gasteiger partial charge in [0.1, 0.15) is 35.9 Å². The molecule has 4 amide bonds. The molecule has 41 heavy (non-hydrogen) atoms. The highest BCUT2D eigenvalue weighted by molar-refractivity contribution is 6.44. The van der Waals surface area contributed by atoms with Crippen LogP contribution < -0.4 is 29.9 Å². The van der Waals surface area contributed by atoms with Crippen LogP contribution in [0.2, 0.25) is 0 Å². The Morgan fingerprint density at radius 3 is 2.17 bits per heavy atom. The van der Waals surface area contributed by atoms with Gasteiger partial charge in [-0.05, 0) is 24.3 Å². The van der Waals surface area contributed by atoms with Crippen LogP contribution in [0.1, 0.15) is 23.7 Å². The smallest absolute Gasteiger partial charge is 0.305 e. The summed E-state index contributed by atoms with van der Waals surface area (Å²) >= 11 is 0.